The quantitative estimate of drug-likeness (QED) is 0.290. The minimum absolute atomic E-state index is 0.119. The second kappa shape index (κ2) is 13.8. The third kappa shape index (κ3) is 10.0. The van der Waals surface area contributed by atoms with Crippen LogP contribution in [-0.4, -0.2) is 41.3 Å². The van der Waals surface area contributed by atoms with Crippen molar-refractivity contribution in [3.63, 3.8) is 0 Å². The molecule has 0 bridgehead atoms. The summed E-state index contributed by atoms with van der Waals surface area (Å²) in [5, 5.41) is 11.9. The summed E-state index contributed by atoms with van der Waals surface area (Å²) in [4.78, 5) is 22.6. The Morgan fingerprint density at radius 1 is 0.886 bits per heavy atom. The number of aliphatic hydroxyl groups is 1. The van der Waals surface area contributed by atoms with E-state index in [9.17, 15) is 14.3 Å². The number of carbonyl (C=O) groups excluding carboxylic acids is 1. The van der Waals surface area contributed by atoms with E-state index in [-0.39, 0.29) is 38.1 Å². The molecule has 0 aromatic heterocycles. The zero-order chi connectivity index (χ0) is 24.9. The van der Waals surface area contributed by atoms with E-state index in [1.807, 2.05) is 84.9 Å². The Morgan fingerprint density at radius 3 is 2.14 bits per heavy atom. The molecule has 35 heavy (non-hydrogen) atoms. The van der Waals surface area contributed by atoms with Crippen LogP contribution in [0, 0.1) is 0 Å². The second-order valence-corrected chi connectivity index (χ2v) is 10.3. The number of benzene rings is 3. The number of hydrogen-bond donors (Lipinski definition) is 3. The van der Waals surface area contributed by atoms with Gasteiger partial charge in [-0.2, -0.15) is 0 Å². The van der Waals surface area contributed by atoms with E-state index in [2.05, 4.69) is 5.32 Å². The molecular weight excluding hydrogens is 465 g/mol. The highest BCUT2D eigenvalue weighted by atomic mass is 31.2. The van der Waals surface area contributed by atoms with Gasteiger partial charge >= 0.3 is 7.60 Å². The minimum Gasteiger partial charge on any atom is -0.489 e. The number of hydrogen-bond acceptors (Lipinski definition) is 5. The van der Waals surface area contributed by atoms with Crippen molar-refractivity contribution >= 4 is 13.5 Å². The average molecular weight is 498 g/mol. The lowest BCUT2D eigenvalue weighted by Gasteiger charge is -2.21. The van der Waals surface area contributed by atoms with Crippen LogP contribution in [0.5, 0.6) is 5.75 Å². The molecule has 0 fully saturated rings. The van der Waals surface area contributed by atoms with Gasteiger partial charge < -0.3 is 24.6 Å². The van der Waals surface area contributed by atoms with Gasteiger partial charge in [-0.3, -0.25) is 9.36 Å². The van der Waals surface area contributed by atoms with E-state index >= 15 is 0 Å². The van der Waals surface area contributed by atoms with Crippen molar-refractivity contribution in [2.75, 3.05) is 19.4 Å². The van der Waals surface area contributed by atoms with Gasteiger partial charge in [0.1, 0.15) is 12.4 Å². The van der Waals surface area contributed by atoms with E-state index in [1.54, 1.807) is 0 Å². The van der Waals surface area contributed by atoms with Crippen LogP contribution >= 0.6 is 7.60 Å². The molecule has 2 atom stereocenters. The van der Waals surface area contributed by atoms with Crippen molar-refractivity contribution in [2.45, 2.75) is 31.9 Å². The van der Waals surface area contributed by atoms with Crippen LogP contribution < -0.4 is 10.1 Å². The molecule has 3 aromatic rings. The fourth-order valence-electron chi connectivity index (χ4n) is 3.50. The Balaban J connectivity index is 1.60. The first-order chi connectivity index (χ1) is 16.9. The summed E-state index contributed by atoms with van der Waals surface area (Å²) < 4.78 is 23.3. The van der Waals surface area contributed by atoms with Crippen LogP contribution in [0.1, 0.15) is 23.1 Å². The third-order valence-corrected chi connectivity index (χ3v) is 6.74. The molecule has 3 aromatic carbocycles. The van der Waals surface area contributed by atoms with E-state index in [1.165, 1.54) is 0 Å². The van der Waals surface area contributed by atoms with E-state index in [4.69, 9.17) is 14.4 Å². The van der Waals surface area contributed by atoms with Gasteiger partial charge in [0.05, 0.1) is 25.2 Å². The molecule has 0 saturated carbocycles. The highest BCUT2D eigenvalue weighted by molar-refractivity contribution is 7.52. The maximum atomic E-state index is 12.6. The highest BCUT2D eigenvalue weighted by Gasteiger charge is 2.22. The minimum atomic E-state index is -3.86. The smallest absolute Gasteiger partial charge is 0.328 e. The van der Waals surface area contributed by atoms with Crippen molar-refractivity contribution in [3.05, 3.63) is 102 Å². The zero-order valence-electron chi connectivity index (χ0n) is 19.6. The second-order valence-electron chi connectivity index (χ2n) is 8.28. The molecular formula is C27H32NO6P. The standard InChI is InChI=1S/C27H32NO6P/c29-16-7-17-35(31,32)34-21-25(28-27(30)19-22-8-3-1-4-9-22)18-23-12-14-26(15-13-23)33-20-24-10-5-2-6-11-24/h1-6,8-15,25,29H,7,16-21H2,(H,28,30)(H,31,32)/t25-/m1/s1. The summed E-state index contributed by atoms with van der Waals surface area (Å²) in [7, 11) is -3.86. The Bertz CT molecular complexity index is 1080. The molecule has 0 saturated heterocycles. The number of rotatable bonds is 14. The summed E-state index contributed by atoms with van der Waals surface area (Å²) in [5.41, 5.74) is 2.87. The van der Waals surface area contributed by atoms with Gasteiger partial charge in [0.15, 0.2) is 0 Å². The Labute approximate surface area is 206 Å². The van der Waals surface area contributed by atoms with Gasteiger partial charge in [-0.25, -0.2) is 0 Å². The number of carbonyl (C=O) groups is 1. The third-order valence-electron chi connectivity index (χ3n) is 5.30. The lowest BCUT2D eigenvalue weighted by molar-refractivity contribution is -0.121. The molecule has 0 aliphatic heterocycles. The summed E-state index contributed by atoms with van der Waals surface area (Å²) >= 11 is 0. The number of aliphatic hydroxyl groups excluding tert-OH is 1. The van der Waals surface area contributed by atoms with E-state index < -0.39 is 13.6 Å². The van der Waals surface area contributed by atoms with Crippen molar-refractivity contribution in [3.8, 4) is 5.75 Å². The Kier molecular flexibility index (Phi) is 10.5. The van der Waals surface area contributed by atoms with Gasteiger partial charge in [0, 0.05) is 6.61 Å². The first-order valence-electron chi connectivity index (χ1n) is 11.6. The molecule has 0 spiro atoms. The SMILES string of the molecule is O=C(Cc1ccccc1)N[C@@H](COP(=O)(O)CCCO)Cc1ccc(OCc2ccccc2)cc1. The molecule has 3 N–H and O–H groups in total. The monoisotopic (exact) mass is 497 g/mol. The average Bonchev–Trinajstić information content (AvgIpc) is 2.87. The molecule has 7 nitrogen and oxygen atoms in total. The summed E-state index contributed by atoms with van der Waals surface area (Å²) in [6.45, 7) is 0.154. The zero-order valence-corrected chi connectivity index (χ0v) is 20.5. The molecule has 186 valence electrons. The first kappa shape index (κ1) is 26.6. The molecule has 0 aliphatic carbocycles. The van der Waals surface area contributed by atoms with Crippen LogP contribution in [0.4, 0.5) is 0 Å². The lowest BCUT2D eigenvalue weighted by Crippen LogP contribution is -2.40. The van der Waals surface area contributed by atoms with E-state index in [0.717, 1.165) is 22.4 Å². The normalized spacial score (nSPS) is 13.5. The van der Waals surface area contributed by atoms with Gasteiger partial charge in [0.25, 0.3) is 0 Å². The number of amides is 1. The first-order valence-corrected chi connectivity index (χ1v) is 13.4. The number of nitrogens with one attached hydrogen (secondary N) is 1. The van der Waals surface area contributed by atoms with Gasteiger partial charge in [-0.05, 0) is 41.7 Å². The van der Waals surface area contributed by atoms with Crippen molar-refractivity contribution < 1.29 is 28.6 Å². The van der Waals surface area contributed by atoms with Crippen LogP contribution in [0.3, 0.4) is 0 Å². The molecule has 8 heteroatoms. The van der Waals surface area contributed by atoms with Crippen LogP contribution in [-0.2, 0) is 33.3 Å². The Morgan fingerprint density at radius 2 is 1.51 bits per heavy atom. The Hall–Kier alpha value is -2.96. The van der Waals surface area contributed by atoms with Gasteiger partial charge in [0.2, 0.25) is 5.91 Å². The van der Waals surface area contributed by atoms with Crippen LogP contribution in [0.25, 0.3) is 0 Å². The maximum absolute atomic E-state index is 12.6. The van der Waals surface area contributed by atoms with Crippen LogP contribution in [0.2, 0.25) is 0 Å². The highest BCUT2D eigenvalue weighted by Crippen LogP contribution is 2.42. The van der Waals surface area contributed by atoms with Gasteiger partial charge in [-0.1, -0.05) is 72.8 Å². The van der Waals surface area contributed by atoms with Crippen molar-refractivity contribution in [2.24, 2.45) is 0 Å². The summed E-state index contributed by atoms with van der Waals surface area (Å²) in [6.07, 6.45) is 0.648. The summed E-state index contributed by atoms with van der Waals surface area (Å²) in [5.74, 6) is 0.526. The predicted octanol–water partition coefficient (Wildman–Crippen LogP) is 4.12. The molecule has 0 heterocycles. The maximum Gasteiger partial charge on any atom is 0.328 e. The molecule has 0 radical (unpaired) electrons. The fourth-order valence-corrected chi connectivity index (χ4v) is 4.58. The van der Waals surface area contributed by atoms with Crippen molar-refractivity contribution in [1.82, 2.24) is 5.32 Å². The molecule has 1 unspecified atom stereocenters. The lowest BCUT2D eigenvalue weighted by atomic mass is 10.1. The largest absolute Gasteiger partial charge is 0.489 e. The topological polar surface area (TPSA) is 105 Å². The number of ether oxygens (including phenoxy) is 1. The molecule has 3 rings (SSSR count). The van der Waals surface area contributed by atoms with E-state index in [0.29, 0.717) is 13.0 Å². The molecule has 0 aliphatic rings. The van der Waals surface area contributed by atoms with Gasteiger partial charge in [-0.15, -0.1) is 0 Å². The summed E-state index contributed by atoms with van der Waals surface area (Å²) in [6, 6.07) is 26.3. The molecule has 1 amide bonds. The predicted molar refractivity (Wildman–Crippen MR) is 135 cm³/mol. The van der Waals surface area contributed by atoms with Crippen LogP contribution in [0.15, 0.2) is 84.9 Å². The fraction of sp³-hybridized carbons (Fsp3) is 0.296. The van der Waals surface area contributed by atoms with Crippen molar-refractivity contribution in [1.29, 1.82) is 0 Å².